The number of nitrogens with one attached hydrogen (secondary N) is 2. The molecule has 0 bridgehead atoms. The monoisotopic (exact) mass is 356 g/mol. The fourth-order valence-corrected chi connectivity index (χ4v) is 3.72. The highest BCUT2D eigenvalue weighted by Gasteiger charge is 2.39. The van der Waals surface area contributed by atoms with Gasteiger partial charge < -0.3 is 15.4 Å². The van der Waals surface area contributed by atoms with Gasteiger partial charge in [-0.15, -0.1) is 0 Å². The molecule has 2 aromatic rings. The molecule has 1 aromatic carbocycles. The van der Waals surface area contributed by atoms with E-state index in [2.05, 4.69) is 21.8 Å². The van der Waals surface area contributed by atoms with Gasteiger partial charge in [0.05, 0.1) is 23.4 Å². The number of rotatable bonds is 6. The second-order valence-electron chi connectivity index (χ2n) is 7.11. The summed E-state index contributed by atoms with van der Waals surface area (Å²) >= 11 is 0. The van der Waals surface area contributed by atoms with Crippen LogP contribution in [-0.4, -0.2) is 42.5 Å². The smallest absolute Gasteiger partial charge is 0.228 e. The molecule has 0 saturated carbocycles. The van der Waals surface area contributed by atoms with E-state index in [9.17, 15) is 4.79 Å². The molecule has 6 nitrogen and oxygen atoms in total. The zero-order valence-electron chi connectivity index (χ0n) is 15.8. The minimum absolute atomic E-state index is 0.0732. The van der Waals surface area contributed by atoms with E-state index < -0.39 is 5.41 Å². The maximum absolute atomic E-state index is 13.0. The lowest BCUT2D eigenvalue weighted by Gasteiger charge is -2.35. The molecule has 1 fully saturated rings. The van der Waals surface area contributed by atoms with Crippen LogP contribution in [0.25, 0.3) is 5.69 Å². The highest BCUT2D eigenvalue weighted by atomic mass is 16.5. The van der Waals surface area contributed by atoms with Crippen molar-refractivity contribution in [3.63, 3.8) is 0 Å². The molecule has 1 aliphatic heterocycles. The summed E-state index contributed by atoms with van der Waals surface area (Å²) in [5, 5.41) is 11.0. The average molecular weight is 356 g/mol. The number of carbonyl (C=O) groups is 1. The molecule has 1 saturated heterocycles. The molecule has 140 valence electrons. The Morgan fingerprint density at radius 2 is 2.04 bits per heavy atom. The summed E-state index contributed by atoms with van der Waals surface area (Å²) in [6, 6.07) is 10.1. The molecule has 0 unspecified atom stereocenters. The number of hydrogen-bond acceptors (Lipinski definition) is 4. The van der Waals surface area contributed by atoms with Crippen molar-refractivity contribution in [2.45, 2.75) is 33.2 Å². The number of aryl methyl sites for hydroxylation is 2. The topological polar surface area (TPSA) is 68.2 Å². The van der Waals surface area contributed by atoms with Crippen LogP contribution in [-0.2, 0) is 16.1 Å². The number of para-hydroxylation sites is 1. The van der Waals surface area contributed by atoms with Gasteiger partial charge in [-0.05, 0) is 57.5 Å². The predicted octanol–water partition coefficient (Wildman–Crippen LogP) is 2.12. The Hall–Kier alpha value is -2.18. The van der Waals surface area contributed by atoms with E-state index in [4.69, 9.17) is 4.74 Å². The lowest BCUT2D eigenvalue weighted by molar-refractivity contribution is -0.136. The molecule has 26 heavy (non-hydrogen) atoms. The van der Waals surface area contributed by atoms with Crippen LogP contribution in [0.2, 0.25) is 0 Å². The average Bonchev–Trinajstić information content (AvgIpc) is 2.99. The van der Waals surface area contributed by atoms with Crippen molar-refractivity contribution < 1.29 is 9.53 Å². The van der Waals surface area contributed by atoms with Crippen molar-refractivity contribution >= 4 is 5.91 Å². The highest BCUT2D eigenvalue weighted by molar-refractivity contribution is 5.83. The van der Waals surface area contributed by atoms with Gasteiger partial charge in [0.2, 0.25) is 5.91 Å². The van der Waals surface area contributed by atoms with Gasteiger partial charge in [0.25, 0.3) is 0 Å². The number of aromatic nitrogens is 2. The van der Waals surface area contributed by atoms with Crippen molar-refractivity contribution in [3.05, 3.63) is 47.3 Å². The molecule has 0 aliphatic carbocycles. The fraction of sp³-hybridized carbons (Fsp3) is 0.500. The minimum Gasteiger partial charge on any atom is -0.384 e. The summed E-state index contributed by atoms with van der Waals surface area (Å²) in [5.74, 6) is 0.0732. The van der Waals surface area contributed by atoms with Crippen LogP contribution < -0.4 is 10.6 Å². The van der Waals surface area contributed by atoms with E-state index >= 15 is 0 Å². The summed E-state index contributed by atoms with van der Waals surface area (Å²) in [7, 11) is 1.66. The third-order valence-electron chi connectivity index (χ3n) is 5.13. The van der Waals surface area contributed by atoms with Crippen molar-refractivity contribution in [1.82, 2.24) is 20.4 Å². The Morgan fingerprint density at radius 1 is 1.31 bits per heavy atom. The van der Waals surface area contributed by atoms with Crippen LogP contribution >= 0.6 is 0 Å². The summed E-state index contributed by atoms with van der Waals surface area (Å²) in [6.45, 7) is 6.65. The summed E-state index contributed by atoms with van der Waals surface area (Å²) < 4.78 is 7.30. The van der Waals surface area contributed by atoms with Crippen LogP contribution in [0.1, 0.15) is 29.8 Å². The zero-order valence-corrected chi connectivity index (χ0v) is 15.8. The maximum Gasteiger partial charge on any atom is 0.228 e. The first-order valence-corrected chi connectivity index (χ1v) is 9.15. The molecule has 3 rings (SSSR count). The fourth-order valence-electron chi connectivity index (χ4n) is 3.72. The number of amides is 1. The van der Waals surface area contributed by atoms with E-state index in [0.717, 1.165) is 48.6 Å². The van der Waals surface area contributed by atoms with E-state index in [-0.39, 0.29) is 5.91 Å². The Kier molecular flexibility index (Phi) is 5.74. The third kappa shape index (κ3) is 3.81. The van der Waals surface area contributed by atoms with Gasteiger partial charge in [0.1, 0.15) is 0 Å². The summed E-state index contributed by atoms with van der Waals surface area (Å²) in [6.07, 6.45) is 1.59. The largest absolute Gasteiger partial charge is 0.384 e. The molecule has 1 amide bonds. The maximum atomic E-state index is 13.0. The summed E-state index contributed by atoms with van der Waals surface area (Å²) in [4.78, 5) is 13.0. The zero-order chi connectivity index (χ0) is 18.6. The standard InChI is InChI=1S/C20H28N4O2/c1-15-12-16(2)24(23-15)18-7-5-4-6-17(18)13-22-19(25)20(14-26-3)8-10-21-11-9-20/h4-7,12,21H,8-11,13-14H2,1-3H3,(H,22,25). The molecule has 1 aromatic heterocycles. The Balaban J connectivity index is 1.77. The first-order chi connectivity index (χ1) is 12.6. The quantitative estimate of drug-likeness (QED) is 0.832. The van der Waals surface area contributed by atoms with Gasteiger partial charge in [-0.1, -0.05) is 18.2 Å². The van der Waals surface area contributed by atoms with Crippen LogP contribution in [0, 0.1) is 19.3 Å². The number of ether oxygens (including phenoxy) is 1. The number of carbonyl (C=O) groups excluding carboxylic acids is 1. The molecular weight excluding hydrogens is 328 g/mol. The first kappa shape index (κ1) is 18.6. The van der Waals surface area contributed by atoms with Gasteiger partial charge in [-0.3, -0.25) is 4.79 Å². The van der Waals surface area contributed by atoms with Gasteiger partial charge >= 0.3 is 0 Å². The van der Waals surface area contributed by atoms with E-state index in [1.165, 1.54) is 0 Å². The number of methoxy groups -OCH3 is 1. The molecule has 6 heteroatoms. The minimum atomic E-state index is -0.437. The molecular formula is C20H28N4O2. The number of benzene rings is 1. The third-order valence-corrected chi connectivity index (χ3v) is 5.13. The van der Waals surface area contributed by atoms with Crippen molar-refractivity contribution in [2.24, 2.45) is 5.41 Å². The molecule has 1 aliphatic rings. The van der Waals surface area contributed by atoms with Crippen molar-refractivity contribution in [2.75, 3.05) is 26.8 Å². The summed E-state index contributed by atoms with van der Waals surface area (Å²) in [5.41, 5.74) is 3.68. The lowest BCUT2D eigenvalue weighted by atomic mass is 9.78. The number of piperidine rings is 1. The SMILES string of the molecule is COCC1(C(=O)NCc2ccccc2-n2nc(C)cc2C)CCNCC1. The molecule has 2 heterocycles. The first-order valence-electron chi connectivity index (χ1n) is 9.15. The second-order valence-corrected chi connectivity index (χ2v) is 7.11. The van der Waals surface area contributed by atoms with Gasteiger partial charge in [-0.25, -0.2) is 4.68 Å². The van der Waals surface area contributed by atoms with Gasteiger partial charge in [0, 0.05) is 19.3 Å². The van der Waals surface area contributed by atoms with Crippen LogP contribution in [0.3, 0.4) is 0 Å². The highest BCUT2D eigenvalue weighted by Crippen LogP contribution is 2.29. The van der Waals surface area contributed by atoms with E-state index in [1.807, 2.05) is 42.8 Å². The molecule has 0 atom stereocenters. The Morgan fingerprint density at radius 3 is 2.69 bits per heavy atom. The van der Waals surface area contributed by atoms with Crippen LogP contribution in [0.15, 0.2) is 30.3 Å². The van der Waals surface area contributed by atoms with Crippen molar-refractivity contribution in [3.8, 4) is 5.69 Å². The lowest BCUT2D eigenvalue weighted by Crippen LogP contribution is -2.50. The number of hydrogen-bond donors (Lipinski definition) is 2. The molecule has 0 radical (unpaired) electrons. The normalized spacial score (nSPS) is 16.4. The van der Waals surface area contributed by atoms with Gasteiger partial charge in [0.15, 0.2) is 0 Å². The van der Waals surface area contributed by atoms with Gasteiger partial charge in [-0.2, -0.15) is 5.10 Å². The molecule has 2 N–H and O–H groups in total. The van der Waals surface area contributed by atoms with Crippen molar-refractivity contribution in [1.29, 1.82) is 0 Å². The van der Waals surface area contributed by atoms with Crippen LogP contribution in [0.5, 0.6) is 0 Å². The Bertz CT molecular complexity index is 757. The number of nitrogens with zero attached hydrogens (tertiary/aromatic N) is 2. The second kappa shape index (κ2) is 8.01. The molecule has 0 spiro atoms. The van der Waals surface area contributed by atoms with E-state index in [0.29, 0.717) is 13.2 Å². The van der Waals surface area contributed by atoms with Crippen LogP contribution in [0.4, 0.5) is 0 Å². The van der Waals surface area contributed by atoms with E-state index in [1.54, 1.807) is 7.11 Å². The Labute approximate surface area is 154 Å². The predicted molar refractivity (Wildman–Crippen MR) is 101 cm³/mol.